The van der Waals surface area contributed by atoms with Gasteiger partial charge in [-0.25, -0.2) is 4.98 Å². The monoisotopic (exact) mass is 244 g/mol. The van der Waals surface area contributed by atoms with Crippen LogP contribution in [0.1, 0.15) is 17.7 Å². The van der Waals surface area contributed by atoms with E-state index < -0.39 is 6.10 Å². The molecule has 0 fully saturated rings. The Bertz CT molecular complexity index is 480. The first-order chi connectivity index (χ1) is 8.75. The number of rotatable bonds is 6. The van der Waals surface area contributed by atoms with Crippen LogP contribution in [0, 0.1) is 0 Å². The summed E-state index contributed by atoms with van der Waals surface area (Å²) in [6, 6.07) is 9.79. The molecule has 4 heteroatoms. The van der Waals surface area contributed by atoms with Gasteiger partial charge in [0.1, 0.15) is 6.10 Å². The summed E-state index contributed by atoms with van der Waals surface area (Å²) in [7, 11) is 0. The van der Waals surface area contributed by atoms with E-state index in [1.807, 2.05) is 30.3 Å². The Hall–Kier alpha value is -1.94. The second kappa shape index (κ2) is 6.12. The zero-order chi connectivity index (χ0) is 12.8. The third kappa shape index (κ3) is 3.53. The summed E-state index contributed by atoms with van der Waals surface area (Å²) < 4.78 is 0. The van der Waals surface area contributed by atoms with Gasteiger partial charge in [0, 0.05) is 24.7 Å². The molecule has 0 bridgehead atoms. The molecule has 4 nitrogen and oxygen atoms in total. The quantitative estimate of drug-likeness (QED) is 0.809. The van der Waals surface area contributed by atoms with Gasteiger partial charge in [0.25, 0.3) is 0 Å². The van der Waals surface area contributed by atoms with E-state index in [1.165, 1.54) is 6.33 Å². The van der Waals surface area contributed by atoms with Crippen LogP contribution in [0.15, 0.2) is 42.9 Å². The molecule has 1 aromatic heterocycles. The molecule has 1 unspecified atom stereocenters. The molecule has 94 valence electrons. The van der Waals surface area contributed by atoms with E-state index in [-0.39, 0.29) is 5.78 Å². The first kappa shape index (κ1) is 12.5. The maximum absolute atomic E-state index is 11.8. The van der Waals surface area contributed by atoms with Gasteiger partial charge in [-0.1, -0.05) is 30.3 Å². The van der Waals surface area contributed by atoms with Crippen molar-refractivity contribution in [1.82, 2.24) is 9.97 Å². The Morgan fingerprint density at radius 2 is 2.11 bits per heavy atom. The fourth-order valence-electron chi connectivity index (χ4n) is 1.80. The van der Waals surface area contributed by atoms with E-state index >= 15 is 0 Å². The number of Topliss-reactive ketones (excluding diaryl/α,β-unsaturated/α-hetero) is 1. The van der Waals surface area contributed by atoms with Crippen LogP contribution in [0.4, 0.5) is 0 Å². The van der Waals surface area contributed by atoms with Crippen LogP contribution in [0.5, 0.6) is 0 Å². The van der Waals surface area contributed by atoms with Crippen molar-refractivity contribution in [3.63, 3.8) is 0 Å². The van der Waals surface area contributed by atoms with Gasteiger partial charge >= 0.3 is 0 Å². The Morgan fingerprint density at radius 1 is 1.33 bits per heavy atom. The molecule has 0 radical (unpaired) electrons. The van der Waals surface area contributed by atoms with Crippen LogP contribution in [0.3, 0.4) is 0 Å². The molecule has 0 saturated heterocycles. The summed E-state index contributed by atoms with van der Waals surface area (Å²) in [6.07, 6.45) is 3.53. The molecule has 1 heterocycles. The summed E-state index contributed by atoms with van der Waals surface area (Å²) >= 11 is 0. The van der Waals surface area contributed by atoms with E-state index in [0.29, 0.717) is 19.3 Å². The number of imidazole rings is 1. The number of nitrogens with zero attached hydrogens (tertiary/aromatic N) is 1. The molecule has 2 aromatic rings. The number of carbonyl (C=O) groups is 1. The highest BCUT2D eigenvalue weighted by Gasteiger charge is 2.15. The predicted octanol–water partition coefficient (Wildman–Crippen LogP) is 1.51. The van der Waals surface area contributed by atoms with Crippen molar-refractivity contribution in [3.8, 4) is 0 Å². The largest absolute Gasteiger partial charge is 0.385 e. The number of aromatic amines is 1. The molecule has 0 aliphatic carbocycles. The lowest BCUT2D eigenvalue weighted by Gasteiger charge is -2.08. The highest BCUT2D eigenvalue weighted by molar-refractivity contribution is 5.83. The second-order valence-corrected chi connectivity index (χ2v) is 4.25. The van der Waals surface area contributed by atoms with E-state index in [1.54, 1.807) is 6.20 Å². The third-order valence-corrected chi connectivity index (χ3v) is 2.84. The lowest BCUT2D eigenvalue weighted by Crippen LogP contribution is -2.23. The zero-order valence-electron chi connectivity index (χ0n) is 10.0. The van der Waals surface area contributed by atoms with Crippen LogP contribution >= 0.6 is 0 Å². The minimum absolute atomic E-state index is 0.131. The topological polar surface area (TPSA) is 66.0 Å². The molecular formula is C14H16N2O2. The first-order valence-corrected chi connectivity index (χ1v) is 5.97. The Labute approximate surface area is 106 Å². The minimum Gasteiger partial charge on any atom is -0.385 e. The highest BCUT2D eigenvalue weighted by Crippen LogP contribution is 2.06. The molecule has 1 aromatic carbocycles. The fourth-order valence-corrected chi connectivity index (χ4v) is 1.80. The van der Waals surface area contributed by atoms with Crippen molar-refractivity contribution in [2.45, 2.75) is 25.4 Å². The summed E-state index contributed by atoms with van der Waals surface area (Å²) in [6.45, 7) is 0. The zero-order valence-corrected chi connectivity index (χ0v) is 10.0. The lowest BCUT2D eigenvalue weighted by molar-refractivity contribution is -0.127. The molecule has 0 spiro atoms. The molecule has 18 heavy (non-hydrogen) atoms. The molecule has 0 amide bonds. The number of hydrogen-bond donors (Lipinski definition) is 2. The summed E-state index contributed by atoms with van der Waals surface area (Å²) in [5.41, 5.74) is 1.88. The number of aryl methyl sites for hydroxylation is 1. The van der Waals surface area contributed by atoms with Crippen molar-refractivity contribution in [3.05, 3.63) is 54.1 Å². The number of aromatic nitrogens is 2. The summed E-state index contributed by atoms with van der Waals surface area (Å²) in [5.74, 6) is -0.131. The molecular weight excluding hydrogens is 228 g/mol. The van der Waals surface area contributed by atoms with Gasteiger partial charge in [-0.05, 0) is 12.0 Å². The molecule has 2 rings (SSSR count). The lowest BCUT2D eigenvalue weighted by atomic mass is 10.0. The third-order valence-electron chi connectivity index (χ3n) is 2.84. The molecule has 0 saturated carbocycles. The van der Waals surface area contributed by atoms with Crippen molar-refractivity contribution in [1.29, 1.82) is 0 Å². The van der Waals surface area contributed by atoms with Crippen LogP contribution in [-0.2, 0) is 17.6 Å². The average molecular weight is 244 g/mol. The Kier molecular flexibility index (Phi) is 4.25. The van der Waals surface area contributed by atoms with E-state index in [2.05, 4.69) is 9.97 Å². The standard InChI is InChI=1S/C14H16N2O2/c17-13(7-6-11-4-2-1-3-5-11)14(18)8-12-9-15-10-16-12/h1-5,9-10,14,18H,6-8H2,(H,15,16). The minimum atomic E-state index is -0.950. The molecule has 1 atom stereocenters. The van der Waals surface area contributed by atoms with Crippen molar-refractivity contribution >= 4 is 5.78 Å². The SMILES string of the molecule is O=C(CCc1ccccc1)C(O)Cc1cnc[nH]1. The normalized spacial score (nSPS) is 12.3. The van der Waals surface area contributed by atoms with Crippen LogP contribution in [-0.4, -0.2) is 27.0 Å². The van der Waals surface area contributed by atoms with Gasteiger partial charge in [-0.3, -0.25) is 4.79 Å². The number of hydrogen-bond acceptors (Lipinski definition) is 3. The number of H-pyrrole nitrogens is 1. The molecule has 0 aliphatic rings. The number of ketones is 1. The Morgan fingerprint density at radius 3 is 2.78 bits per heavy atom. The van der Waals surface area contributed by atoms with Gasteiger partial charge < -0.3 is 10.1 Å². The van der Waals surface area contributed by atoms with Crippen LogP contribution < -0.4 is 0 Å². The predicted molar refractivity (Wildman–Crippen MR) is 68.1 cm³/mol. The number of carbonyl (C=O) groups excluding carboxylic acids is 1. The van der Waals surface area contributed by atoms with Gasteiger partial charge in [-0.15, -0.1) is 0 Å². The van der Waals surface area contributed by atoms with Gasteiger partial charge in [-0.2, -0.15) is 0 Å². The average Bonchev–Trinajstić information content (AvgIpc) is 2.90. The molecule has 2 N–H and O–H groups in total. The van der Waals surface area contributed by atoms with Crippen LogP contribution in [0.25, 0.3) is 0 Å². The van der Waals surface area contributed by atoms with E-state index in [4.69, 9.17) is 0 Å². The maximum atomic E-state index is 11.8. The second-order valence-electron chi connectivity index (χ2n) is 4.25. The molecule has 0 aliphatic heterocycles. The van der Waals surface area contributed by atoms with E-state index in [9.17, 15) is 9.90 Å². The summed E-state index contributed by atoms with van der Waals surface area (Å²) in [5, 5.41) is 9.77. The number of aliphatic hydroxyl groups is 1. The van der Waals surface area contributed by atoms with Gasteiger partial charge in [0.2, 0.25) is 0 Å². The van der Waals surface area contributed by atoms with Crippen LogP contribution in [0.2, 0.25) is 0 Å². The smallest absolute Gasteiger partial charge is 0.161 e. The summed E-state index contributed by atoms with van der Waals surface area (Å²) in [4.78, 5) is 18.5. The van der Waals surface area contributed by atoms with Gasteiger partial charge in [0.15, 0.2) is 5.78 Å². The number of nitrogens with one attached hydrogen (secondary N) is 1. The fraction of sp³-hybridized carbons (Fsp3) is 0.286. The van der Waals surface area contributed by atoms with Crippen molar-refractivity contribution in [2.24, 2.45) is 0 Å². The number of benzene rings is 1. The number of aliphatic hydroxyl groups excluding tert-OH is 1. The Balaban J connectivity index is 1.81. The van der Waals surface area contributed by atoms with Gasteiger partial charge in [0.05, 0.1) is 6.33 Å². The van der Waals surface area contributed by atoms with Crippen molar-refractivity contribution in [2.75, 3.05) is 0 Å². The highest BCUT2D eigenvalue weighted by atomic mass is 16.3. The van der Waals surface area contributed by atoms with Crippen molar-refractivity contribution < 1.29 is 9.90 Å². The maximum Gasteiger partial charge on any atom is 0.161 e. The first-order valence-electron chi connectivity index (χ1n) is 5.97. The van der Waals surface area contributed by atoms with E-state index in [0.717, 1.165) is 11.3 Å².